The lowest BCUT2D eigenvalue weighted by Gasteiger charge is -2.09. The van der Waals surface area contributed by atoms with Gasteiger partial charge >= 0.3 is 6.18 Å². The van der Waals surface area contributed by atoms with Crippen molar-refractivity contribution in [3.05, 3.63) is 58.6 Å². The summed E-state index contributed by atoms with van der Waals surface area (Å²) in [5.41, 5.74) is 5.68. The highest BCUT2D eigenvalue weighted by Crippen LogP contribution is 2.29. The van der Waals surface area contributed by atoms with Crippen molar-refractivity contribution in [2.24, 2.45) is 10.7 Å². The van der Waals surface area contributed by atoms with Crippen LogP contribution in [0.5, 0.6) is 5.75 Å². The van der Waals surface area contributed by atoms with Crippen molar-refractivity contribution < 1.29 is 22.7 Å². The van der Waals surface area contributed by atoms with E-state index in [-0.39, 0.29) is 24.6 Å². The first kappa shape index (κ1) is 21.4. The number of halogens is 4. The van der Waals surface area contributed by atoms with E-state index in [2.05, 4.69) is 15.6 Å². The fourth-order valence-electron chi connectivity index (χ4n) is 2.19. The summed E-state index contributed by atoms with van der Waals surface area (Å²) in [6, 6.07) is 8.94. The number of alkyl halides is 3. The number of amides is 1. The summed E-state index contributed by atoms with van der Waals surface area (Å²) in [5, 5.41) is 5.80. The molecule has 0 bridgehead atoms. The van der Waals surface area contributed by atoms with E-state index in [1.54, 1.807) is 18.2 Å². The molecular weight excluding hydrogens is 397 g/mol. The summed E-state index contributed by atoms with van der Waals surface area (Å²) >= 11 is 6.01. The number of nitrogens with one attached hydrogen (secondary N) is 2. The van der Waals surface area contributed by atoms with Gasteiger partial charge < -0.3 is 21.1 Å². The molecule has 0 aliphatic heterocycles. The topological polar surface area (TPSA) is 88.7 Å². The van der Waals surface area contributed by atoms with Crippen molar-refractivity contribution >= 4 is 29.2 Å². The van der Waals surface area contributed by atoms with Crippen LogP contribution in [0.4, 0.5) is 18.9 Å². The molecule has 0 fully saturated rings. The Morgan fingerprint density at radius 2 is 1.89 bits per heavy atom. The summed E-state index contributed by atoms with van der Waals surface area (Å²) in [7, 11) is 1.50. The van der Waals surface area contributed by atoms with Crippen LogP contribution in [0.3, 0.4) is 0 Å². The van der Waals surface area contributed by atoms with Crippen molar-refractivity contribution in [2.75, 3.05) is 25.5 Å². The Bertz CT molecular complexity index is 855. The van der Waals surface area contributed by atoms with Gasteiger partial charge in [0.1, 0.15) is 5.75 Å². The Morgan fingerprint density at radius 1 is 1.21 bits per heavy atom. The fraction of sp³-hybridized carbons (Fsp3) is 0.222. The Morgan fingerprint density at radius 3 is 2.46 bits per heavy atom. The second-order valence-electron chi connectivity index (χ2n) is 5.57. The van der Waals surface area contributed by atoms with E-state index in [0.717, 1.165) is 24.3 Å². The number of guanidine groups is 1. The number of hydrogen-bond acceptors (Lipinski definition) is 3. The van der Waals surface area contributed by atoms with Crippen LogP contribution in [0.1, 0.15) is 15.9 Å². The molecule has 0 aliphatic rings. The number of nitrogens with zero attached hydrogens (tertiary/aromatic N) is 1. The molecule has 0 aromatic heterocycles. The molecule has 2 rings (SSSR count). The van der Waals surface area contributed by atoms with Gasteiger partial charge in [-0.1, -0.05) is 11.6 Å². The maximum atomic E-state index is 12.5. The van der Waals surface area contributed by atoms with E-state index < -0.39 is 17.6 Å². The van der Waals surface area contributed by atoms with Crippen LogP contribution in [-0.4, -0.2) is 32.1 Å². The van der Waals surface area contributed by atoms with Gasteiger partial charge in [-0.2, -0.15) is 13.2 Å². The van der Waals surface area contributed by atoms with Crippen LogP contribution in [0.25, 0.3) is 0 Å². The number of carbonyl (C=O) groups excluding carboxylic acids is 1. The van der Waals surface area contributed by atoms with Gasteiger partial charge in [-0.15, -0.1) is 0 Å². The number of anilines is 1. The van der Waals surface area contributed by atoms with Gasteiger partial charge in [0.05, 0.1) is 24.2 Å². The minimum atomic E-state index is -4.44. The molecule has 0 saturated carbocycles. The summed E-state index contributed by atoms with van der Waals surface area (Å²) in [4.78, 5) is 16.0. The smallest absolute Gasteiger partial charge is 0.416 e. The normalized spacial score (nSPS) is 11.8. The Balaban J connectivity index is 1.82. The SMILES string of the molecule is COc1ccc(NC(N)=NCCNC(=O)c2ccc(C(F)(F)F)cc2)cc1Cl. The highest BCUT2D eigenvalue weighted by molar-refractivity contribution is 6.32. The number of ether oxygens (including phenoxy) is 1. The zero-order valence-electron chi connectivity index (χ0n) is 14.8. The van der Waals surface area contributed by atoms with Crippen LogP contribution >= 0.6 is 11.6 Å². The molecule has 0 unspecified atom stereocenters. The largest absolute Gasteiger partial charge is 0.495 e. The zero-order valence-corrected chi connectivity index (χ0v) is 15.6. The molecular formula is C18H18ClF3N4O2. The Hall–Kier alpha value is -2.94. The highest BCUT2D eigenvalue weighted by atomic mass is 35.5. The molecule has 0 radical (unpaired) electrons. The first-order valence-electron chi connectivity index (χ1n) is 8.06. The van der Waals surface area contributed by atoms with E-state index in [0.29, 0.717) is 16.5 Å². The van der Waals surface area contributed by atoms with Crippen LogP contribution in [0.2, 0.25) is 5.02 Å². The number of rotatable bonds is 6. The summed E-state index contributed by atoms with van der Waals surface area (Å²) in [6.07, 6.45) is -4.44. The number of hydrogen-bond donors (Lipinski definition) is 3. The molecule has 0 atom stereocenters. The second kappa shape index (κ2) is 9.32. The number of carbonyl (C=O) groups is 1. The highest BCUT2D eigenvalue weighted by Gasteiger charge is 2.30. The third kappa shape index (κ3) is 6.05. The average Bonchev–Trinajstić information content (AvgIpc) is 2.64. The molecule has 0 spiro atoms. The van der Waals surface area contributed by atoms with E-state index >= 15 is 0 Å². The minimum Gasteiger partial charge on any atom is -0.495 e. The summed E-state index contributed by atoms with van der Waals surface area (Å²) in [5.74, 6) is 0.135. The zero-order chi connectivity index (χ0) is 20.7. The lowest BCUT2D eigenvalue weighted by atomic mass is 10.1. The van der Waals surface area contributed by atoms with Crippen LogP contribution in [-0.2, 0) is 6.18 Å². The van der Waals surface area contributed by atoms with Crippen LogP contribution in [0.15, 0.2) is 47.5 Å². The van der Waals surface area contributed by atoms with Crippen molar-refractivity contribution in [2.45, 2.75) is 6.18 Å². The first-order chi connectivity index (χ1) is 13.2. The maximum Gasteiger partial charge on any atom is 0.416 e. The third-order valence-electron chi connectivity index (χ3n) is 3.58. The fourth-order valence-corrected chi connectivity index (χ4v) is 2.45. The Labute approximate surface area is 164 Å². The van der Waals surface area contributed by atoms with Gasteiger partial charge in [-0.3, -0.25) is 9.79 Å². The van der Waals surface area contributed by atoms with Crippen molar-refractivity contribution in [1.29, 1.82) is 0 Å². The van der Waals surface area contributed by atoms with Crippen molar-refractivity contribution in [1.82, 2.24) is 5.32 Å². The molecule has 6 nitrogen and oxygen atoms in total. The van der Waals surface area contributed by atoms with Gasteiger partial charge in [-0.05, 0) is 42.5 Å². The van der Waals surface area contributed by atoms with E-state index in [9.17, 15) is 18.0 Å². The lowest BCUT2D eigenvalue weighted by molar-refractivity contribution is -0.137. The number of aliphatic imine (C=N–C) groups is 1. The van der Waals surface area contributed by atoms with E-state index in [1.165, 1.54) is 7.11 Å². The standard InChI is InChI=1S/C18H18ClF3N4O2/c1-28-15-7-6-13(10-14(15)19)26-17(23)25-9-8-24-16(27)11-2-4-12(5-3-11)18(20,21)22/h2-7,10H,8-9H2,1H3,(H,24,27)(H3,23,25,26). The molecule has 1 amide bonds. The minimum absolute atomic E-state index is 0.116. The Kier molecular flexibility index (Phi) is 7.11. The van der Waals surface area contributed by atoms with Crippen molar-refractivity contribution in [3.8, 4) is 5.75 Å². The van der Waals surface area contributed by atoms with Gasteiger partial charge in [-0.25, -0.2) is 0 Å². The van der Waals surface area contributed by atoms with Gasteiger partial charge in [0.15, 0.2) is 5.96 Å². The molecule has 2 aromatic rings. The summed E-state index contributed by atoms with van der Waals surface area (Å²) < 4.78 is 42.6. The molecule has 0 saturated heterocycles. The quantitative estimate of drug-likeness (QED) is 0.383. The maximum absolute atomic E-state index is 12.5. The monoisotopic (exact) mass is 414 g/mol. The van der Waals surface area contributed by atoms with Crippen LogP contribution in [0, 0.1) is 0 Å². The molecule has 150 valence electrons. The third-order valence-corrected chi connectivity index (χ3v) is 3.87. The molecule has 0 heterocycles. The number of benzene rings is 2. The number of methoxy groups -OCH3 is 1. The molecule has 10 heteroatoms. The van der Waals surface area contributed by atoms with Gasteiger partial charge in [0, 0.05) is 17.8 Å². The molecule has 28 heavy (non-hydrogen) atoms. The second-order valence-corrected chi connectivity index (χ2v) is 5.98. The molecule has 0 aliphatic carbocycles. The van der Waals surface area contributed by atoms with E-state index in [1.807, 2.05) is 0 Å². The van der Waals surface area contributed by atoms with Crippen LogP contribution < -0.4 is 21.1 Å². The van der Waals surface area contributed by atoms with Gasteiger partial charge in [0.25, 0.3) is 5.91 Å². The first-order valence-corrected chi connectivity index (χ1v) is 8.44. The summed E-state index contributed by atoms with van der Waals surface area (Å²) in [6.45, 7) is 0.334. The number of nitrogens with two attached hydrogens (primary N) is 1. The van der Waals surface area contributed by atoms with E-state index in [4.69, 9.17) is 22.1 Å². The lowest BCUT2D eigenvalue weighted by Crippen LogP contribution is -2.28. The predicted molar refractivity (Wildman–Crippen MR) is 102 cm³/mol. The molecule has 2 aromatic carbocycles. The average molecular weight is 415 g/mol. The van der Waals surface area contributed by atoms with Gasteiger partial charge in [0.2, 0.25) is 0 Å². The molecule has 4 N–H and O–H groups in total. The van der Waals surface area contributed by atoms with Crippen molar-refractivity contribution in [3.63, 3.8) is 0 Å². The predicted octanol–water partition coefficient (Wildman–Crippen LogP) is 3.52.